The minimum atomic E-state index is -0.448. The van der Waals surface area contributed by atoms with E-state index in [2.05, 4.69) is 20.9 Å². The van der Waals surface area contributed by atoms with Gasteiger partial charge in [0.25, 0.3) is 0 Å². The van der Waals surface area contributed by atoms with Gasteiger partial charge in [0, 0.05) is 5.56 Å². The lowest BCUT2D eigenvalue weighted by Gasteiger charge is -1.95. The fraction of sp³-hybridized carbons (Fsp3) is 0. The van der Waals surface area contributed by atoms with Gasteiger partial charge in [-0.25, -0.2) is 9.37 Å². The zero-order valence-electron chi connectivity index (χ0n) is 6.00. The minimum Gasteiger partial charge on any atom is -0.299 e. The lowest BCUT2D eigenvalue weighted by molar-refractivity contribution is -0.104. The van der Waals surface area contributed by atoms with Crippen LogP contribution in [0.4, 0.5) is 4.39 Å². The largest absolute Gasteiger partial charge is 0.299 e. The summed E-state index contributed by atoms with van der Waals surface area (Å²) in [6.07, 6.45) is 4.29. The number of hydrogen-bond acceptors (Lipinski definition) is 2. The number of hydrogen-bond donors (Lipinski definition) is 0. The van der Waals surface area contributed by atoms with Gasteiger partial charge in [0.1, 0.15) is 16.7 Å². The number of allylic oxidation sites excluding steroid dienone is 1. The smallest absolute Gasteiger partial charge is 0.148 e. The first-order valence-electron chi connectivity index (χ1n) is 3.17. The zero-order chi connectivity index (χ0) is 8.97. The third-order valence-electron chi connectivity index (χ3n) is 1.21. The van der Waals surface area contributed by atoms with Crippen molar-refractivity contribution in [2.24, 2.45) is 0 Å². The molecule has 0 bridgehead atoms. The second-order valence-electron chi connectivity index (χ2n) is 2.02. The number of aromatic nitrogens is 1. The molecule has 0 aromatic carbocycles. The van der Waals surface area contributed by atoms with Crippen molar-refractivity contribution in [2.75, 3.05) is 0 Å². The number of carbonyl (C=O) groups is 1. The molecule has 0 aliphatic carbocycles. The summed E-state index contributed by atoms with van der Waals surface area (Å²) in [5.74, 6) is -0.448. The van der Waals surface area contributed by atoms with Crippen LogP contribution in [0.25, 0.3) is 6.08 Å². The molecule has 0 saturated heterocycles. The molecule has 1 aromatic heterocycles. The monoisotopic (exact) mass is 229 g/mol. The van der Waals surface area contributed by atoms with Gasteiger partial charge in [-0.3, -0.25) is 4.79 Å². The van der Waals surface area contributed by atoms with Crippen LogP contribution in [0.3, 0.4) is 0 Å². The molecule has 0 fully saturated rings. The van der Waals surface area contributed by atoms with Gasteiger partial charge in [-0.2, -0.15) is 0 Å². The van der Waals surface area contributed by atoms with E-state index in [1.54, 1.807) is 0 Å². The molecule has 1 rings (SSSR count). The normalized spacial score (nSPS) is 10.5. The van der Waals surface area contributed by atoms with E-state index in [1.165, 1.54) is 18.2 Å². The Morgan fingerprint density at radius 3 is 3.00 bits per heavy atom. The molecule has 0 saturated carbocycles. The zero-order valence-corrected chi connectivity index (χ0v) is 7.58. The summed E-state index contributed by atoms with van der Waals surface area (Å²) < 4.78 is 13.4. The van der Waals surface area contributed by atoms with E-state index in [-0.39, 0.29) is 0 Å². The molecular formula is C8H5BrFNO. The standard InChI is InChI=1S/C8H5BrFNO/c9-8-4-6(2-1-3-12)7(10)5-11-8/h1-5H. The predicted octanol–water partition coefficient (Wildman–Crippen LogP) is 2.20. The topological polar surface area (TPSA) is 30.0 Å². The van der Waals surface area contributed by atoms with Gasteiger partial charge in [-0.05, 0) is 34.1 Å². The summed E-state index contributed by atoms with van der Waals surface area (Å²) in [4.78, 5) is 13.6. The van der Waals surface area contributed by atoms with Crippen LogP contribution in [-0.2, 0) is 4.79 Å². The highest BCUT2D eigenvalue weighted by Gasteiger charge is 1.98. The molecule has 1 aromatic rings. The molecule has 0 aliphatic heterocycles. The van der Waals surface area contributed by atoms with Gasteiger partial charge in [0.2, 0.25) is 0 Å². The average molecular weight is 230 g/mol. The maximum Gasteiger partial charge on any atom is 0.148 e. The Morgan fingerprint density at radius 2 is 2.33 bits per heavy atom. The van der Waals surface area contributed by atoms with E-state index < -0.39 is 5.82 Å². The van der Waals surface area contributed by atoms with Crippen LogP contribution >= 0.6 is 15.9 Å². The Morgan fingerprint density at radius 1 is 1.58 bits per heavy atom. The van der Waals surface area contributed by atoms with Gasteiger partial charge < -0.3 is 0 Å². The number of rotatable bonds is 2. The molecule has 0 atom stereocenters. The fourth-order valence-electron chi connectivity index (χ4n) is 0.698. The van der Waals surface area contributed by atoms with Crippen LogP contribution in [0.15, 0.2) is 22.9 Å². The van der Waals surface area contributed by atoms with Crippen molar-refractivity contribution < 1.29 is 9.18 Å². The van der Waals surface area contributed by atoms with Gasteiger partial charge in [-0.1, -0.05) is 0 Å². The van der Waals surface area contributed by atoms with E-state index in [0.717, 1.165) is 6.20 Å². The fourth-order valence-corrected chi connectivity index (χ4v) is 1.05. The average Bonchev–Trinajstić information content (AvgIpc) is 2.07. The van der Waals surface area contributed by atoms with Crippen molar-refractivity contribution in [1.29, 1.82) is 0 Å². The molecule has 0 unspecified atom stereocenters. The number of pyridine rings is 1. The Kier molecular flexibility index (Phi) is 3.10. The summed E-state index contributed by atoms with van der Waals surface area (Å²) in [5, 5.41) is 0. The minimum absolute atomic E-state index is 0.337. The molecule has 0 aliphatic rings. The van der Waals surface area contributed by atoms with Gasteiger partial charge >= 0.3 is 0 Å². The molecule has 0 spiro atoms. The highest BCUT2D eigenvalue weighted by atomic mass is 79.9. The molecular weight excluding hydrogens is 225 g/mol. The molecule has 0 amide bonds. The molecule has 0 radical (unpaired) electrons. The van der Waals surface area contributed by atoms with Crippen molar-refractivity contribution in [3.05, 3.63) is 34.3 Å². The molecule has 4 heteroatoms. The van der Waals surface area contributed by atoms with Gasteiger partial charge in [0.05, 0.1) is 6.20 Å². The van der Waals surface area contributed by atoms with E-state index in [9.17, 15) is 9.18 Å². The second kappa shape index (κ2) is 4.11. The Hall–Kier alpha value is -1.03. The SMILES string of the molecule is O=CC=Cc1cc(Br)ncc1F. The van der Waals surface area contributed by atoms with E-state index in [4.69, 9.17) is 0 Å². The third kappa shape index (κ3) is 2.23. The van der Waals surface area contributed by atoms with Crippen LogP contribution in [-0.4, -0.2) is 11.3 Å². The van der Waals surface area contributed by atoms with E-state index in [1.807, 2.05) is 0 Å². The van der Waals surface area contributed by atoms with Crippen LogP contribution < -0.4 is 0 Å². The number of aldehydes is 1. The van der Waals surface area contributed by atoms with Crippen molar-refractivity contribution in [3.8, 4) is 0 Å². The summed E-state index contributed by atoms with van der Waals surface area (Å²) >= 11 is 3.09. The first kappa shape index (κ1) is 9.06. The third-order valence-corrected chi connectivity index (χ3v) is 1.64. The lowest BCUT2D eigenvalue weighted by atomic mass is 10.2. The summed E-state index contributed by atoms with van der Waals surface area (Å²) in [7, 11) is 0. The second-order valence-corrected chi connectivity index (χ2v) is 2.84. The van der Waals surface area contributed by atoms with Crippen molar-refractivity contribution in [1.82, 2.24) is 4.98 Å². The van der Waals surface area contributed by atoms with Crippen LogP contribution in [0.2, 0.25) is 0 Å². The number of carbonyl (C=O) groups excluding carboxylic acids is 1. The maximum atomic E-state index is 12.8. The predicted molar refractivity (Wildman–Crippen MR) is 47.0 cm³/mol. The van der Waals surface area contributed by atoms with Crippen molar-refractivity contribution >= 4 is 28.3 Å². The number of halogens is 2. The van der Waals surface area contributed by atoms with E-state index in [0.29, 0.717) is 16.5 Å². The molecule has 12 heavy (non-hydrogen) atoms. The number of nitrogens with zero attached hydrogens (tertiary/aromatic N) is 1. The lowest BCUT2D eigenvalue weighted by Crippen LogP contribution is -1.84. The summed E-state index contributed by atoms with van der Waals surface area (Å²) in [6, 6.07) is 1.50. The highest BCUT2D eigenvalue weighted by Crippen LogP contribution is 2.13. The molecule has 0 N–H and O–H groups in total. The Labute approximate surface area is 77.3 Å². The first-order chi connectivity index (χ1) is 5.74. The van der Waals surface area contributed by atoms with Crippen molar-refractivity contribution in [3.63, 3.8) is 0 Å². The van der Waals surface area contributed by atoms with Gasteiger partial charge in [-0.15, -0.1) is 0 Å². The van der Waals surface area contributed by atoms with E-state index >= 15 is 0 Å². The first-order valence-corrected chi connectivity index (χ1v) is 3.96. The quantitative estimate of drug-likeness (QED) is 0.442. The Balaban J connectivity index is 3.04. The van der Waals surface area contributed by atoms with Crippen LogP contribution in [0.1, 0.15) is 5.56 Å². The maximum absolute atomic E-state index is 12.8. The van der Waals surface area contributed by atoms with Crippen LogP contribution in [0, 0.1) is 5.82 Å². The molecule has 62 valence electrons. The molecule has 1 heterocycles. The molecule has 2 nitrogen and oxygen atoms in total. The van der Waals surface area contributed by atoms with Crippen LogP contribution in [0.5, 0.6) is 0 Å². The summed E-state index contributed by atoms with van der Waals surface area (Å²) in [6.45, 7) is 0. The summed E-state index contributed by atoms with van der Waals surface area (Å²) in [5.41, 5.74) is 0.337. The Bertz CT molecular complexity index is 325. The van der Waals surface area contributed by atoms with Gasteiger partial charge in [0.15, 0.2) is 0 Å². The van der Waals surface area contributed by atoms with Crippen molar-refractivity contribution in [2.45, 2.75) is 0 Å². The highest BCUT2D eigenvalue weighted by molar-refractivity contribution is 9.10.